The van der Waals surface area contributed by atoms with Crippen LogP contribution in [0, 0.1) is 5.92 Å². The molecule has 2 heterocycles. The van der Waals surface area contributed by atoms with Gasteiger partial charge in [0.15, 0.2) is 0 Å². The van der Waals surface area contributed by atoms with E-state index in [0.29, 0.717) is 34.5 Å². The Morgan fingerprint density at radius 1 is 1.12 bits per heavy atom. The maximum atomic E-state index is 12.8. The molecule has 2 fully saturated rings. The number of anilines is 1. The summed E-state index contributed by atoms with van der Waals surface area (Å²) in [6.07, 6.45) is 4.13. The van der Waals surface area contributed by atoms with Crippen LogP contribution in [0.15, 0.2) is 40.9 Å². The third-order valence-electron chi connectivity index (χ3n) is 8.23. The maximum Gasteiger partial charge on any atom is 0.239 e. The summed E-state index contributed by atoms with van der Waals surface area (Å²) in [6.45, 7) is 13.2. The van der Waals surface area contributed by atoms with Gasteiger partial charge in [-0.1, -0.05) is 43.3 Å². The number of carbonyl (C=O) groups excluding carboxylic acids is 1. The van der Waals surface area contributed by atoms with Crippen LogP contribution in [0.4, 0.5) is 5.88 Å². The van der Waals surface area contributed by atoms with Crippen LogP contribution in [0.1, 0.15) is 77.3 Å². The summed E-state index contributed by atoms with van der Waals surface area (Å²) in [5.74, 6) is 1.10. The normalized spacial score (nSPS) is 16.8. The Hall–Kier alpha value is -3.36. The van der Waals surface area contributed by atoms with Gasteiger partial charge < -0.3 is 19.3 Å². The number of piperidine rings is 1. The Balaban J connectivity index is 1.47. The molecule has 0 atom stereocenters. The molecule has 0 radical (unpaired) electrons. The van der Waals surface area contributed by atoms with Gasteiger partial charge in [0.2, 0.25) is 11.8 Å². The largest absolute Gasteiger partial charge is 0.507 e. The molecule has 1 aliphatic heterocycles. The summed E-state index contributed by atoms with van der Waals surface area (Å²) in [5.41, 5.74) is 4.34. The molecule has 0 spiro atoms. The average molecular weight is 575 g/mol. The van der Waals surface area contributed by atoms with E-state index in [2.05, 4.69) is 72.5 Å². The van der Waals surface area contributed by atoms with Gasteiger partial charge in [-0.3, -0.25) is 15.0 Å². The van der Waals surface area contributed by atoms with E-state index < -0.39 is 5.60 Å². The zero-order chi connectivity index (χ0) is 30.2. The second-order valence-electron chi connectivity index (χ2n) is 13.4. The smallest absolute Gasteiger partial charge is 0.239 e. The third kappa shape index (κ3) is 6.98. The van der Waals surface area contributed by atoms with Gasteiger partial charge in [0.1, 0.15) is 22.8 Å². The number of ether oxygens (including phenoxy) is 1. The van der Waals surface area contributed by atoms with Crippen LogP contribution in [0.25, 0.3) is 22.4 Å². The van der Waals surface area contributed by atoms with E-state index in [1.165, 1.54) is 18.4 Å². The fourth-order valence-electron chi connectivity index (χ4n) is 5.66. The minimum absolute atomic E-state index is 0.0141. The van der Waals surface area contributed by atoms with Gasteiger partial charge >= 0.3 is 0 Å². The van der Waals surface area contributed by atoms with Crippen LogP contribution in [0.2, 0.25) is 0 Å². The van der Waals surface area contributed by atoms with Gasteiger partial charge in [-0.15, -0.1) is 0 Å². The quantitative estimate of drug-likeness (QED) is 0.288. The predicted octanol–water partition coefficient (Wildman–Crippen LogP) is 6.89. The van der Waals surface area contributed by atoms with Gasteiger partial charge in [0, 0.05) is 30.1 Å². The first-order valence-corrected chi connectivity index (χ1v) is 15.2. The summed E-state index contributed by atoms with van der Waals surface area (Å²) < 4.78 is 12.0. The standard InChI is InChI=1S/C34H46N4O4/c1-21(2)26-18-27(28(39)19-29(26)41-34(3,4)5)31-30(33(42-36-31)35-32(40)24-12-13-24)23-10-8-22(9-11-23)20-38-16-14-25(15-17-38)37(6)7/h8-11,18-19,21,24-25,39H,12-17,20H2,1-7H3,(H,35,40). The minimum Gasteiger partial charge on any atom is -0.507 e. The number of phenolic OH excluding ortho intramolecular Hbond substituents is 1. The summed E-state index contributed by atoms with van der Waals surface area (Å²) in [5, 5.41) is 18.6. The molecular weight excluding hydrogens is 528 g/mol. The molecular formula is C34H46N4O4. The van der Waals surface area contributed by atoms with E-state index in [0.717, 1.165) is 43.6 Å². The Kier molecular flexibility index (Phi) is 8.67. The topological polar surface area (TPSA) is 91.1 Å². The lowest BCUT2D eigenvalue weighted by Crippen LogP contribution is -2.41. The molecule has 8 heteroatoms. The van der Waals surface area contributed by atoms with E-state index in [1.54, 1.807) is 6.07 Å². The maximum absolute atomic E-state index is 12.8. The zero-order valence-electron chi connectivity index (χ0n) is 26.2. The van der Waals surface area contributed by atoms with E-state index >= 15 is 0 Å². The number of hydrogen-bond acceptors (Lipinski definition) is 7. The lowest BCUT2D eigenvalue weighted by atomic mass is 9.94. The molecule has 5 rings (SSSR count). The highest BCUT2D eigenvalue weighted by Crippen LogP contribution is 2.45. The Morgan fingerprint density at radius 3 is 2.36 bits per heavy atom. The van der Waals surface area contributed by atoms with Crippen LogP contribution in [-0.2, 0) is 11.3 Å². The molecule has 0 unspecified atom stereocenters. The second-order valence-corrected chi connectivity index (χ2v) is 13.4. The van der Waals surface area contributed by atoms with E-state index in [1.807, 2.05) is 26.8 Å². The lowest BCUT2D eigenvalue weighted by Gasteiger charge is -2.35. The lowest BCUT2D eigenvalue weighted by molar-refractivity contribution is -0.117. The Morgan fingerprint density at radius 2 is 1.79 bits per heavy atom. The van der Waals surface area contributed by atoms with Crippen LogP contribution in [0.5, 0.6) is 11.5 Å². The first-order chi connectivity index (χ1) is 19.9. The SMILES string of the molecule is CC(C)c1cc(-c2noc(NC(=O)C3CC3)c2-c2ccc(CN3CCC(N(C)C)CC3)cc2)c(O)cc1OC(C)(C)C. The molecule has 226 valence electrons. The molecule has 2 N–H and O–H groups in total. The minimum atomic E-state index is -0.416. The van der Waals surface area contributed by atoms with Gasteiger partial charge in [0.05, 0.1) is 5.56 Å². The number of nitrogens with zero attached hydrogens (tertiary/aromatic N) is 3. The van der Waals surface area contributed by atoms with Crippen molar-refractivity contribution in [1.29, 1.82) is 0 Å². The number of hydrogen-bond donors (Lipinski definition) is 2. The van der Waals surface area contributed by atoms with E-state index in [9.17, 15) is 9.90 Å². The highest BCUT2D eigenvalue weighted by atomic mass is 16.5. The van der Waals surface area contributed by atoms with Crippen molar-refractivity contribution in [3.05, 3.63) is 47.5 Å². The first-order valence-electron chi connectivity index (χ1n) is 15.2. The molecule has 3 aromatic rings. The highest BCUT2D eigenvalue weighted by molar-refractivity contribution is 5.99. The van der Waals surface area contributed by atoms with E-state index in [-0.39, 0.29) is 23.5 Å². The molecule has 0 bridgehead atoms. The molecule has 1 amide bonds. The van der Waals surface area contributed by atoms with Crippen molar-refractivity contribution in [2.75, 3.05) is 32.5 Å². The number of likely N-dealkylation sites (tertiary alicyclic amines) is 1. The van der Waals surface area contributed by atoms with Crippen LogP contribution >= 0.6 is 0 Å². The number of phenols is 1. The zero-order valence-corrected chi connectivity index (χ0v) is 26.2. The molecule has 8 nitrogen and oxygen atoms in total. The number of aromatic nitrogens is 1. The van der Waals surface area contributed by atoms with Gasteiger partial charge in [0.25, 0.3) is 0 Å². The molecule has 2 aromatic carbocycles. The highest BCUT2D eigenvalue weighted by Gasteiger charge is 2.32. The van der Waals surface area contributed by atoms with Gasteiger partial charge in [-0.2, -0.15) is 0 Å². The fraction of sp³-hybridized carbons (Fsp3) is 0.529. The van der Waals surface area contributed by atoms with Crippen molar-refractivity contribution in [3.63, 3.8) is 0 Å². The number of nitrogens with one attached hydrogen (secondary N) is 1. The number of aromatic hydroxyl groups is 1. The predicted molar refractivity (Wildman–Crippen MR) is 167 cm³/mol. The number of rotatable bonds is 9. The van der Waals surface area contributed by atoms with Crippen LogP contribution in [0.3, 0.4) is 0 Å². The molecule has 1 aromatic heterocycles. The summed E-state index contributed by atoms with van der Waals surface area (Å²) in [7, 11) is 4.33. The van der Waals surface area contributed by atoms with Crippen molar-refractivity contribution in [2.24, 2.45) is 5.92 Å². The van der Waals surface area contributed by atoms with Crippen molar-refractivity contribution >= 4 is 11.8 Å². The van der Waals surface area contributed by atoms with Crippen LogP contribution < -0.4 is 10.1 Å². The Labute approximate surface area is 250 Å². The third-order valence-corrected chi connectivity index (χ3v) is 8.23. The molecule has 42 heavy (non-hydrogen) atoms. The molecule has 1 aliphatic carbocycles. The monoisotopic (exact) mass is 574 g/mol. The Bertz CT molecular complexity index is 1390. The molecule has 2 aliphatic rings. The van der Waals surface area contributed by atoms with Crippen LogP contribution in [-0.4, -0.2) is 64.8 Å². The average Bonchev–Trinajstić information content (AvgIpc) is 3.70. The fourth-order valence-corrected chi connectivity index (χ4v) is 5.66. The summed E-state index contributed by atoms with van der Waals surface area (Å²) >= 11 is 0. The van der Waals surface area contributed by atoms with Crippen molar-refractivity contribution in [3.8, 4) is 33.9 Å². The van der Waals surface area contributed by atoms with E-state index in [4.69, 9.17) is 9.26 Å². The van der Waals surface area contributed by atoms with Crippen molar-refractivity contribution in [2.45, 2.75) is 84.4 Å². The number of benzene rings is 2. The number of amides is 1. The number of carbonyl (C=O) groups is 1. The van der Waals surface area contributed by atoms with Gasteiger partial charge in [-0.05, 0) is 102 Å². The molecule has 1 saturated carbocycles. The summed E-state index contributed by atoms with van der Waals surface area (Å²) in [4.78, 5) is 17.6. The van der Waals surface area contributed by atoms with Crippen molar-refractivity contribution in [1.82, 2.24) is 15.0 Å². The van der Waals surface area contributed by atoms with Crippen molar-refractivity contribution < 1.29 is 19.2 Å². The molecule has 1 saturated heterocycles. The summed E-state index contributed by atoms with van der Waals surface area (Å²) in [6, 6.07) is 12.6. The first kappa shape index (κ1) is 30.1. The van der Waals surface area contributed by atoms with Gasteiger partial charge in [-0.25, -0.2) is 0 Å². The second kappa shape index (κ2) is 12.1.